The lowest BCUT2D eigenvalue weighted by atomic mass is 9.68. The van der Waals surface area contributed by atoms with Crippen LogP contribution >= 0.6 is 0 Å². The summed E-state index contributed by atoms with van der Waals surface area (Å²) in [6, 6.07) is 3.54. The van der Waals surface area contributed by atoms with Gasteiger partial charge in [-0.2, -0.15) is 0 Å². The number of benzene rings is 1. The van der Waals surface area contributed by atoms with Gasteiger partial charge < -0.3 is 0 Å². The zero-order valence-corrected chi connectivity index (χ0v) is 20.9. The van der Waals surface area contributed by atoms with Crippen molar-refractivity contribution >= 4 is 5.57 Å². The van der Waals surface area contributed by atoms with Crippen LogP contribution in [0.4, 0.5) is 8.78 Å². The Labute approximate surface area is 200 Å². The van der Waals surface area contributed by atoms with Crippen molar-refractivity contribution < 1.29 is 8.78 Å². The summed E-state index contributed by atoms with van der Waals surface area (Å²) in [4.78, 5) is 0. The summed E-state index contributed by atoms with van der Waals surface area (Å²) in [7, 11) is 0. The summed E-state index contributed by atoms with van der Waals surface area (Å²) in [6.45, 7) is 4.02. The maximum atomic E-state index is 14.5. The molecule has 0 bridgehead atoms. The van der Waals surface area contributed by atoms with Gasteiger partial charge in [0.15, 0.2) is 11.6 Å². The lowest BCUT2D eigenvalue weighted by molar-refractivity contribution is 0.149. The summed E-state index contributed by atoms with van der Waals surface area (Å²) in [5.74, 6) is 3.16. The van der Waals surface area contributed by atoms with Gasteiger partial charge in [-0.1, -0.05) is 56.5 Å². The Bertz CT molecular complexity index is 820. The predicted octanol–water partition coefficient (Wildman–Crippen LogP) is 9.68. The van der Waals surface area contributed by atoms with Crippen molar-refractivity contribution in [3.05, 3.63) is 53.1 Å². The second-order valence-corrected chi connectivity index (χ2v) is 11.2. The standard InChI is InChI=1S/C31H44F2/c1-3-5-22-8-14-26(15-9-22)27-16-10-23(11-17-27)6-7-24-12-18-28(19-13-24)29-21-20-25(4-2)30(32)31(29)33/h3,5,18,20-24,26-27H,4,6-17,19H2,1-2H3/b5-3+. The van der Waals surface area contributed by atoms with E-state index < -0.39 is 11.6 Å². The van der Waals surface area contributed by atoms with Crippen LogP contribution in [-0.2, 0) is 6.42 Å². The number of aryl methyl sites for hydroxylation is 1. The van der Waals surface area contributed by atoms with Gasteiger partial charge in [-0.3, -0.25) is 0 Å². The van der Waals surface area contributed by atoms with E-state index in [9.17, 15) is 8.78 Å². The molecule has 0 heterocycles. The maximum Gasteiger partial charge on any atom is 0.166 e. The molecule has 0 nitrogen and oxygen atoms in total. The van der Waals surface area contributed by atoms with Gasteiger partial charge in [-0.15, -0.1) is 0 Å². The first-order valence-electron chi connectivity index (χ1n) is 13.9. The number of halogens is 2. The molecule has 1 unspecified atom stereocenters. The number of rotatable bonds is 7. The zero-order valence-electron chi connectivity index (χ0n) is 20.9. The molecular weight excluding hydrogens is 410 g/mol. The van der Waals surface area contributed by atoms with E-state index in [1.165, 1.54) is 64.2 Å². The first-order valence-corrected chi connectivity index (χ1v) is 13.9. The van der Waals surface area contributed by atoms with Gasteiger partial charge in [0.25, 0.3) is 0 Å². The minimum atomic E-state index is -0.653. The Morgan fingerprint density at radius 2 is 1.48 bits per heavy atom. The third-order valence-corrected chi connectivity index (χ3v) is 9.23. The lowest BCUT2D eigenvalue weighted by Crippen LogP contribution is -2.25. The van der Waals surface area contributed by atoms with Gasteiger partial charge in [0, 0.05) is 5.56 Å². The number of hydrogen-bond donors (Lipinski definition) is 0. The first kappa shape index (κ1) is 24.7. The van der Waals surface area contributed by atoms with Gasteiger partial charge >= 0.3 is 0 Å². The molecule has 1 atom stereocenters. The summed E-state index contributed by atoms with van der Waals surface area (Å²) >= 11 is 0. The molecule has 1 aromatic rings. The molecule has 0 aliphatic heterocycles. The van der Waals surface area contributed by atoms with Crippen LogP contribution in [0.2, 0.25) is 0 Å². The van der Waals surface area contributed by atoms with E-state index in [0.29, 0.717) is 17.5 Å². The predicted molar refractivity (Wildman–Crippen MR) is 136 cm³/mol. The summed E-state index contributed by atoms with van der Waals surface area (Å²) in [5, 5.41) is 0. The third-order valence-electron chi connectivity index (χ3n) is 9.23. The van der Waals surface area contributed by atoms with Gasteiger partial charge in [-0.25, -0.2) is 8.78 Å². The highest BCUT2D eigenvalue weighted by Crippen LogP contribution is 2.43. The van der Waals surface area contributed by atoms with Gasteiger partial charge in [0.1, 0.15) is 0 Å². The Balaban J connectivity index is 1.19. The molecule has 3 aliphatic carbocycles. The average Bonchev–Trinajstić information content (AvgIpc) is 2.86. The molecule has 33 heavy (non-hydrogen) atoms. The first-order chi connectivity index (χ1) is 16.1. The Hall–Kier alpha value is -1.44. The highest BCUT2D eigenvalue weighted by Gasteiger charge is 2.30. The van der Waals surface area contributed by atoms with Crippen molar-refractivity contribution in [3.8, 4) is 0 Å². The van der Waals surface area contributed by atoms with Crippen LogP contribution in [0.15, 0.2) is 30.4 Å². The molecular formula is C31H44F2. The lowest BCUT2D eigenvalue weighted by Gasteiger charge is -2.37. The monoisotopic (exact) mass is 454 g/mol. The smallest absolute Gasteiger partial charge is 0.166 e. The molecule has 0 N–H and O–H groups in total. The van der Waals surface area contributed by atoms with Crippen LogP contribution in [-0.4, -0.2) is 0 Å². The summed E-state index contributed by atoms with van der Waals surface area (Å²) in [5.41, 5.74) is 1.97. The van der Waals surface area contributed by atoms with Crippen LogP contribution in [0.3, 0.4) is 0 Å². The van der Waals surface area contributed by atoms with Gasteiger partial charge in [0.05, 0.1) is 0 Å². The fourth-order valence-corrected chi connectivity index (χ4v) is 7.01. The van der Waals surface area contributed by atoms with Gasteiger partial charge in [0.2, 0.25) is 0 Å². The maximum absolute atomic E-state index is 14.5. The molecule has 0 saturated heterocycles. The van der Waals surface area contributed by atoms with Crippen LogP contribution in [0.1, 0.15) is 108 Å². The molecule has 0 spiro atoms. The fourth-order valence-electron chi connectivity index (χ4n) is 7.01. The summed E-state index contributed by atoms with van der Waals surface area (Å²) in [6.07, 6.45) is 24.6. The van der Waals surface area contributed by atoms with Crippen molar-refractivity contribution in [1.82, 2.24) is 0 Å². The minimum Gasteiger partial charge on any atom is -0.203 e. The van der Waals surface area contributed by atoms with Gasteiger partial charge in [-0.05, 0) is 118 Å². The minimum absolute atomic E-state index is 0.474. The summed E-state index contributed by atoms with van der Waals surface area (Å²) < 4.78 is 28.7. The SMILES string of the molecule is C/C=C/C1CCC(C2CCC(CCC3CC=C(c4ccc(CC)c(F)c4F)CC3)CC2)CC1. The van der Waals surface area contributed by atoms with Crippen LogP contribution in [0.25, 0.3) is 5.57 Å². The number of allylic oxidation sites excluding steroid dienone is 4. The van der Waals surface area contributed by atoms with Crippen LogP contribution in [0, 0.1) is 41.2 Å². The molecule has 4 rings (SSSR count). The zero-order chi connectivity index (χ0) is 23.2. The second-order valence-electron chi connectivity index (χ2n) is 11.2. The van der Waals surface area contributed by atoms with E-state index in [2.05, 4.69) is 25.2 Å². The van der Waals surface area contributed by atoms with E-state index in [0.717, 1.165) is 54.4 Å². The normalized spacial score (nSPS) is 31.0. The van der Waals surface area contributed by atoms with E-state index in [4.69, 9.17) is 0 Å². The molecule has 2 heteroatoms. The van der Waals surface area contributed by atoms with Crippen LogP contribution in [0.5, 0.6) is 0 Å². The molecule has 2 fully saturated rings. The molecule has 0 amide bonds. The van der Waals surface area contributed by atoms with Crippen molar-refractivity contribution in [1.29, 1.82) is 0 Å². The Morgan fingerprint density at radius 3 is 2.09 bits per heavy atom. The van der Waals surface area contributed by atoms with Crippen molar-refractivity contribution in [2.45, 2.75) is 104 Å². The van der Waals surface area contributed by atoms with Crippen molar-refractivity contribution in [2.24, 2.45) is 29.6 Å². The van der Waals surface area contributed by atoms with E-state index >= 15 is 0 Å². The average molecular weight is 455 g/mol. The molecule has 3 aliphatic rings. The topological polar surface area (TPSA) is 0 Å². The van der Waals surface area contributed by atoms with Crippen molar-refractivity contribution in [2.75, 3.05) is 0 Å². The molecule has 0 radical (unpaired) electrons. The van der Waals surface area contributed by atoms with E-state index in [1.807, 2.05) is 6.92 Å². The molecule has 0 aromatic heterocycles. The fraction of sp³-hybridized carbons (Fsp3) is 0.677. The molecule has 1 aromatic carbocycles. The second kappa shape index (κ2) is 11.8. The largest absolute Gasteiger partial charge is 0.203 e. The Kier molecular flexibility index (Phi) is 8.83. The van der Waals surface area contributed by atoms with E-state index in [-0.39, 0.29) is 0 Å². The molecule has 182 valence electrons. The molecule has 2 saturated carbocycles. The third kappa shape index (κ3) is 6.17. The highest BCUT2D eigenvalue weighted by molar-refractivity contribution is 5.67. The highest BCUT2D eigenvalue weighted by atomic mass is 19.2. The Morgan fingerprint density at radius 1 is 0.818 bits per heavy atom. The van der Waals surface area contributed by atoms with Crippen molar-refractivity contribution in [3.63, 3.8) is 0 Å². The number of hydrogen-bond acceptors (Lipinski definition) is 0. The quantitative estimate of drug-likeness (QED) is 0.360. The van der Waals surface area contributed by atoms with E-state index in [1.54, 1.807) is 12.1 Å². The van der Waals surface area contributed by atoms with Crippen LogP contribution < -0.4 is 0 Å².